The Morgan fingerprint density at radius 3 is 2.68 bits per heavy atom. The zero-order valence-corrected chi connectivity index (χ0v) is 11.3. The van der Waals surface area contributed by atoms with Gasteiger partial charge in [-0.1, -0.05) is 35.9 Å². The first-order valence-electron chi connectivity index (χ1n) is 6.02. The second-order valence-corrected chi connectivity index (χ2v) is 4.75. The lowest BCUT2D eigenvalue weighted by atomic mass is 10.1. The van der Waals surface area contributed by atoms with Crippen molar-refractivity contribution in [3.8, 4) is 0 Å². The van der Waals surface area contributed by atoms with E-state index in [0.717, 1.165) is 16.8 Å². The molecule has 1 atom stereocenters. The van der Waals surface area contributed by atoms with Crippen LogP contribution >= 0.6 is 11.6 Å². The summed E-state index contributed by atoms with van der Waals surface area (Å²) in [5.41, 5.74) is 2.47. The molecule has 0 aromatic heterocycles. The van der Waals surface area contributed by atoms with E-state index in [0.29, 0.717) is 5.02 Å². The maximum atomic E-state index is 13.0. The Morgan fingerprint density at radius 1 is 1.26 bits per heavy atom. The van der Waals surface area contributed by atoms with Crippen LogP contribution in [0.1, 0.15) is 24.1 Å². The van der Waals surface area contributed by atoms with E-state index in [1.54, 1.807) is 6.07 Å². The first-order chi connectivity index (χ1) is 9.11. The molecule has 2 nitrogen and oxygen atoms in total. The molecule has 0 saturated heterocycles. The molecule has 0 spiro atoms. The second kappa shape index (κ2) is 6.04. The largest absolute Gasteiger partial charge is 0.392 e. The molecule has 0 fully saturated rings. The molecule has 0 aliphatic carbocycles. The van der Waals surface area contributed by atoms with Crippen LogP contribution in [0, 0.1) is 5.82 Å². The summed E-state index contributed by atoms with van der Waals surface area (Å²) >= 11 is 6.03. The molecule has 0 radical (unpaired) electrons. The van der Waals surface area contributed by atoms with Gasteiger partial charge in [-0.15, -0.1) is 0 Å². The van der Waals surface area contributed by atoms with Gasteiger partial charge in [0.2, 0.25) is 0 Å². The Bertz CT molecular complexity index is 574. The zero-order chi connectivity index (χ0) is 13.8. The van der Waals surface area contributed by atoms with Crippen molar-refractivity contribution in [2.75, 3.05) is 5.32 Å². The van der Waals surface area contributed by atoms with Gasteiger partial charge in [0.25, 0.3) is 0 Å². The molecule has 0 bridgehead atoms. The van der Waals surface area contributed by atoms with E-state index < -0.39 is 0 Å². The lowest BCUT2D eigenvalue weighted by molar-refractivity contribution is 0.282. The molecule has 0 aliphatic heterocycles. The van der Waals surface area contributed by atoms with Gasteiger partial charge in [-0.3, -0.25) is 0 Å². The minimum Gasteiger partial charge on any atom is -0.392 e. The molecule has 2 aromatic carbocycles. The van der Waals surface area contributed by atoms with E-state index in [2.05, 4.69) is 5.32 Å². The Morgan fingerprint density at radius 2 is 2.00 bits per heavy atom. The van der Waals surface area contributed by atoms with Gasteiger partial charge in [-0.2, -0.15) is 0 Å². The maximum absolute atomic E-state index is 13.0. The monoisotopic (exact) mass is 279 g/mol. The Kier molecular flexibility index (Phi) is 4.40. The number of para-hydroxylation sites is 1. The number of aliphatic hydroxyl groups is 1. The van der Waals surface area contributed by atoms with Gasteiger partial charge >= 0.3 is 0 Å². The molecule has 2 rings (SSSR count). The molecule has 100 valence electrons. The normalized spacial score (nSPS) is 12.2. The first kappa shape index (κ1) is 13.8. The fraction of sp³-hybridized carbons (Fsp3) is 0.200. The van der Waals surface area contributed by atoms with Crippen molar-refractivity contribution in [1.82, 2.24) is 0 Å². The van der Waals surface area contributed by atoms with Gasteiger partial charge in [0.15, 0.2) is 0 Å². The summed E-state index contributed by atoms with van der Waals surface area (Å²) in [5, 5.41) is 12.9. The van der Waals surface area contributed by atoms with Crippen LogP contribution in [0.4, 0.5) is 10.1 Å². The molecule has 19 heavy (non-hydrogen) atoms. The fourth-order valence-electron chi connectivity index (χ4n) is 1.96. The number of rotatable bonds is 4. The van der Waals surface area contributed by atoms with Crippen LogP contribution in [0.3, 0.4) is 0 Å². The van der Waals surface area contributed by atoms with Crippen molar-refractivity contribution in [1.29, 1.82) is 0 Å². The van der Waals surface area contributed by atoms with Crippen molar-refractivity contribution in [3.05, 3.63) is 64.4 Å². The van der Waals surface area contributed by atoms with E-state index in [9.17, 15) is 9.50 Å². The number of nitrogens with one attached hydrogen (secondary N) is 1. The number of aliphatic hydroxyl groups excluding tert-OH is 1. The summed E-state index contributed by atoms with van der Waals surface area (Å²) in [5.74, 6) is -0.350. The highest BCUT2D eigenvalue weighted by Gasteiger charge is 2.11. The fourth-order valence-corrected chi connectivity index (χ4v) is 2.29. The van der Waals surface area contributed by atoms with Crippen LogP contribution in [0.5, 0.6) is 0 Å². The third-order valence-corrected chi connectivity index (χ3v) is 3.32. The molecule has 0 amide bonds. The number of hydrogen-bond acceptors (Lipinski definition) is 2. The lowest BCUT2D eigenvalue weighted by Gasteiger charge is -2.19. The summed E-state index contributed by atoms with van der Waals surface area (Å²) < 4.78 is 13.0. The zero-order valence-electron chi connectivity index (χ0n) is 10.5. The van der Waals surface area contributed by atoms with Crippen LogP contribution < -0.4 is 5.32 Å². The van der Waals surface area contributed by atoms with E-state index in [1.165, 1.54) is 12.1 Å². The van der Waals surface area contributed by atoms with Gasteiger partial charge in [0.05, 0.1) is 12.6 Å². The Labute approximate surface area is 116 Å². The minimum absolute atomic E-state index is 0.0347. The standard InChI is InChI=1S/C15H15ClFNO/c1-10(13-7-6-12(17)8-14(13)16)18-15-5-3-2-4-11(15)9-19/h2-8,10,18-19H,9H2,1H3. The highest BCUT2D eigenvalue weighted by atomic mass is 35.5. The Hall–Kier alpha value is -1.58. The molecule has 0 aliphatic rings. The van der Waals surface area contributed by atoms with Crippen molar-refractivity contribution >= 4 is 17.3 Å². The SMILES string of the molecule is CC(Nc1ccccc1CO)c1ccc(F)cc1Cl. The molecule has 0 heterocycles. The van der Waals surface area contributed by atoms with Gasteiger partial charge in [0, 0.05) is 16.3 Å². The van der Waals surface area contributed by atoms with E-state index in [1.807, 2.05) is 31.2 Å². The highest BCUT2D eigenvalue weighted by Crippen LogP contribution is 2.27. The molecule has 0 saturated carbocycles. The van der Waals surface area contributed by atoms with Crippen molar-refractivity contribution in [3.63, 3.8) is 0 Å². The van der Waals surface area contributed by atoms with E-state index in [-0.39, 0.29) is 18.5 Å². The molecular weight excluding hydrogens is 265 g/mol. The third-order valence-electron chi connectivity index (χ3n) is 2.99. The van der Waals surface area contributed by atoms with Crippen LogP contribution in [0.15, 0.2) is 42.5 Å². The predicted molar refractivity (Wildman–Crippen MR) is 75.8 cm³/mol. The topological polar surface area (TPSA) is 32.3 Å². The Balaban J connectivity index is 2.23. The smallest absolute Gasteiger partial charge is 0.124 e. The quantitative estimate of drug-likeness (QED) is 0.881. The van der Waals surface area contributed by atoms with Crippen molar-refractivity contribution in [2.45, 2.75) is 19.6 Å². The van der Waals surface area contributed by atoms with Crippen LogP contribution in [-0.4, -0.2) is 5.11 Å². The molecule has 1 unspecified atom stereocenters. The summed E-state index contributed by atoms with van der Waals surface area (Å²) in [4.78, 5) is 0. The van der Waals surface area contributed by atoms with Crippen LogP contribution in [0.2, 0.25) is 5.02 Å². The van der Waals surface area contributed by atoms with Gasteiger partial charge in [-0.25, -0.2) is 4.39 Å². The van der Waals surface area contributed by atoms with Gasteiger partial charge in [0.1, 0.15) is 5.82 Å². The third kappa shape index (κ3) is 3.25. The molecule has 4 heteroatoms. The average Bonchev–Trinajstić information content (AvgIpc) is 2.39. The van der Waals surface area contributed by atoms with E-state index in [4.69, 9.17) is 11.6 Å². The molecular formula is C15H15ClFNO. The summed E-state index contributed by atoms with van der Waals surface area (Å²) in [6, 6.07) is 11.8. The minimum atomic E-state index is -0.350. The number of hydrogen-bond donors (Lipinski definition) is 2. The van der Waals surface area contributed by atoms with Crippen LogP contribution in [-0.2, 0) is 6.61 Å². The van der Waals surface area contributed by atoms with Crippen LogP contribution in [0.25, 0.3) is 0 Å². The number of anilines is 1. The molecule has 2 aromatic rings. The van der Waals surface area contributed by atoms with E-state index >= 15 is 0 Å². The van der Waals surface area contributed by atoms with Gasteiger partial charge in [-0.05, 0) is 30.7 Å². The van der Waals surface area contributed by atoms with Gasteiger partial charge < -0.3 is 10.4 Å². The molecule has 2 N–H and O–H groups in total. The van der Waals surface area contributed by atoms with Crippen molar-refractivity contribution < 1.29 is 9.50 Å². The lowest BCUT2D eigenvalue weighted by Crippen LogP contribution is -2.09. The maximum Gasteiger partial charge on any atom is 0.124 e. The average molecular weight is 280 g/mol. The summed E-state index contributed by atoms with van der Waals surface area (Å²) in [6.45, 7) is 1.90. The van der Waals surface area contributed by atoms with Crippen molar-refractivity contribution in [2.24, 2.45) is 0 Å². The summed E-state index contributed by atoms with van der Waals surface area (Å²) in [7, 11) is 0. The first-order valence-corrected chi connectivity index (χ1v) is 6.40. The highest BCUT2D eigenvalue weighted by molar-refractivity contribution is 6.31. The predicted octanol–water partition coefficient (Wildman–Crippen LogP) is 4.14. The number of benzene rings is 2. The second-order valence-electron chi connectivity index (χ2n) is 4.35. The summed E-state index contributed by atoms with van der Waals surface area (Å²) in [6.07, 6.45) is 0. The number of halogens is 2.